The van der Waals surface area contributed by atoms with Gasteiger partial charge in [-0.15, -0.1) is 11.8 Å². The first-order valence-electron chi connectivity index (χ1n) is 13.2. The number of anilines is 1. The fraction of sp³-hybridized carbons (Fsp3) is 0.379. The van der Waals surface area contributed by atoms with Crippen LogP contribution in [0.3, 0.4) is 0 Å². The molecular formula is C29H26FN3O5S2. The van der Waals surface area contributed by atoms with Crippen LogP contribution < -0.4 is 14.9 Å². The molecule has 2 aliphatic heterocycles. The van der Waals surface area contributed by atoms with E-state index in [1.54, 1.807) is 25.8 Å². The van der Waals surface area contributed by atoms with Gasteiger partial charge < -0.3 is 15.0 Å². The van der Waals surface area contributed by atoms with Crippen molar-refractivity contribution < 1.29 is 23.5 Å². The molecule has 4 aliphatic rings. The smallest absolute Gasteiger partial charge is 0.305 e. The second-order valence-corrected chi connectivity index (χ2v) is 13.2. The van der Waals surface area contributed by atoms with Crippen LogP contribution in [-0.2, 0) is 14.4 Å². The highest BCUT2D eigenvalue weighted by molar-refractivity contribution is 8.00. The lowest BCUT2D eigenvalue weighted by Crippen LogP contribution is -2.46. The van der Waals surface area contributed by atoms with Crippen molar-refractivity contribution in [2.24, 2.45) is 29.6 Å². The molecule has 3 heterocycles. The van der Waals surface area contributed by atoms with Crippen molar-refractivity contribution in [3.05, 3.63) is 74.5 Å². The molecule has 3 amide bonds. The zero-order chi connectivity index (χ0) is 27.9. The first kappa shape index (κ1) is 25.5. The lowest BCUT2D eigenvalue weighted by atomic mass is 9.68. The Morgan fingerprint density at radius 2 is 1.73 bits per heavy atom. The number of thioether (sulfide) groups is 1. The normalized spacial score (nSPS) is 30.6. The van der Waals surface area contributed by atoms with Crippen molar-refractivity contribution in [3.8, 4) is 5.75 Å². The van der Waals surface area contributed by atoms with E-state index >= 15 is 0 Å². The van der Waals surface area contributed by atoms with Crippen molar-refractivity contribution in [3.63, 3.8) is 0 Å². The van der Waals surface area contributed by atoms with Gasteiger partial charge in [0.15, 0.2) is 0 Å². The highest BCUT2D eigenvalue weighted by atomic mass is 32.2. The molecule has 7 rings (SSSR count). The van der Waals surface area contributed by atoms with Gasteiger partial charge in [-0.2, -0.15) is 0 Å². The molecule has 11 heteroatoms. The number of ether oxygens (including phenoxy) is 1. The molecule has 40 heavy (non-hydrogen) atoms. The number of thiazole rings is 1. The standard InChI is InChI=1S/C29H26FN3O5S2/c1-12(25(34)31-15-7-5-14(30)6-8-15)33-27(35)21-17-11-18(22(21)28(33)36)23-20(17)19(13-3-9-16(38-2)10-4-13)24-26(39-23)32-29(37)40-24/h3-10,12,17-23H,11H2,1-2H3,(H,31,34)(H,32,37). The first-order valence-corrected chi connectivity index (χ1v) is 14.9. The Kier molecular flexibility index (Phi) is 5.94. The molecule has 2 bridgehead atoms. The third-order valence-corrected chi connectivity index (χ3v) is 11.7. The van der Waals surface area contributed by atoms with Crippen molar-refractivity contribution in [1.29, 1.82) is 0 Å². The number of fused-ring (bicyclic) bond motifs is 9. The number of aromatic amines is 1. The van der Waals surface area contributed by atoms with Gasteiger partial charge in [-0.05, 0) is 73.1 Å². The van der Waals surface area contributed by atoms with E-state index in [0.29, 0.717) is 5.69 Å². The van der Waals surface area contributed by atoms with Crippen LogP contribution in [0.25, 0.3) is 0 Å². The Balaban J connectivity index is 1.20. The van der Waals surface area contributed by atoms with Crippen molar-refractivity contribution in [1.82, 2.24) is 9.88 Å². The number of nitrogens with zero attached hydrogens (tertiary/aromatic N) is 1. The SMILES string of the molecule is COc1ccc(C2c3sc(=O)[nH]c3SC3C4CC(C5C(=O)N(C(C)C(=O)Nc6ccc(F)cc6)C(=O)C45)C23)cc1. The molecular weight excluding hydrogens is 553 g/mol. The van der Waals surface area contributed by atoms with E-state index in [1.807, 2.05) is 24.3 Å². The average molecular weight is 580 g/mol. The fourth-order valence-corrected chi connectivity index (χ4v) is 10.4. The highest BCUT2D eigenvalue weighted by Crippen LogP contribution is 2.68. The van der Waals surface area contributed by atoms with E-state index in [4.69, 9.17) is 4.74 Å². The van der Waals surface area contributed by atoms with Gasteiger partial charge in [0.25, 0.3) is 0 Å². The summed E-state index contributed by atoms with van der Waals surface area (Å²) < 4.78 is 18.6. The summed E-state index contributed by atoms with van der Waals surface area (Å²) in [6, 6.07) is 12.2. The van der Waals surface area contributed by atoms with E-state index in [9.17, 15) is 23.6 Å². The van der Waals surface area contributed by atoms with Crippen molar-refractivity contribution in [2.75, 3.05) is 12.4 Å². The number of imide groups is 1. The van der Waals surface area contributed by atoms with Crippen LogP contribution in [0.2, 0.25) is 0 Å². The Labute approximate surface area is 237 Å². The number of nitrogens with one attached hydrogen (secondary N) is 2. The van der Waals surface area contributed by atoms with Crippen LogP contribution in [0, 0.1) is 35.4 Å². The third-order valence-electron chi connectivity index (χ3n) is 9.11. The number of benzene rings is 2. The van der Waals surface area contributed by atoms with E-state index in [-0.39, 0.29) is 45.6 Å². The molecule has 2 saturated carbocycles. The number of hydrogen-bond acceptors (Lipinski definition) is 7. The predicted molar refractivity (Wildman–Crippen MR) is 148 cm³/mol. The van der Waals surface area contributed by atoms with Crippen LogP contribution >= 0.6 is 23.1 Å². The maximum absolute atomic E-state index is 13.9. The summed E-state index contributed by atoms with van der Waals surface area (Å²) in [5.41, 5.74) is 1.44. The first-order chi connectivity index (χ1) is 19.3. The number of carbonyl (C=O) groups excluding carboxylic acids is 3. The van der Waals surface area contributed by atoms with Gasteiger partial charge in [0.1, 0.15) is 17.6 Å². The lowest BCUT2D eigenvalue weighted by molar-refractivity contribution is -0.146. The number of hydrogen-bond donors (Lipinski definition) is 2. The van der Waals surface area contributed by atoms with E-state index in [1.165, 1.54) is 35.6 Å². The topological polar surface area (TPSA) is 109 Å². The lowest BCUT2D eigenvalue weighted by Gasteiger charge is -2.43. The number of halogens is 1. The average Bonchev–Trinajstić information content (AvgIpc) is 3.68. The molecule has 8 atom stereocenters. The van der Waals surface area contributed by atoms with Gasteiger partial charge >= 0.3 is 4.87 Å². The summed E-state index contributed by atoms with van der Waals surface area (Å²) in [5.74, 6) is -1.83. The van der Waals surface area contributed by atoms with Crippen LogP contribution in [0.4, 0.5) is 10.1 Å². The largest absolute Gasteiger partial charge is 0.497 e. The molecule has 8 unspecified atom stereocenters. The number of amides is 3. The van der Waals surface area contributed by atoms with Gasteiger partial charge in [-0.3, -0.25) is 24.1 Å². The van der Waals surface area contributed by atoms with Crippen molar-refractivity contribution in [2.45, 2.75) is 35.6 Å². The van der Waals surface area contributed by atoms with Crippen LogP contribution in [0.1, 0.15) is 29.7 Å². The maximum atomic E-state index is 13.9. The third kappa shape index (κ3) is 3.70. The molecule has 206 valence electrons. The van der Waals surface area contributed by atoms with E-state index < -0.39 is 29.6 Å². The molecule has 0 spiro atoms. The Bertz CT molecular complexity index is 1590. The molecule has 8 nitrogen and oxygen atoms in total. The van der Waals surface area contributed by atoms with Gasteiger partial charge in [-0.1, -0.05) is 23.5 Å². The van der Waals surface area contributed by atoms with Gasteiger partial charge in [0.05, 0.1) is 24.0 Å². The summed E-state index contributed by atoms with van der Waals surface area (Å²) in [5, 5.41) is 3.61. The molecule has 1 saturated heterocycles. The maximum Gasteiger partial charge on any atom is 0.305 e. The Hall–Kier alpha value is -3.44. The minimum Gasteiger partial charge on any atom is -0.497 e. The second kappa shape index (κ2) is 9.31. The predicted octanol–water partition coefficient (Wildman–Crippen LogP) is 4.08. The van der Waals surface area contributed by atoms with Gasteiger partial charge in [-0.25, -0.2) is 4.39 Å². The van der Waals surface area contributed by atoms with E-state index in [2.05, 4.69) is 10.3 Å². The van der Waals surface area contributed by atoms with Gasteiger partial charge in [0.2, 0.25) is 17.7 Å². The fourth-order valence-electron chi connectivity index (χ4n) is 7.50. The van der Waals surface area contributed by atoms with Gasteiger partial charge in [0, 0.05) is 21.7 Å². The second-order valence-electron chi connectivity index (χ2n) is 11.0. The summed E-state index contributed by atoms with van der Waals surface area (Å²) in [6.07, 6.45) is 0.769. The molecule has 1 aromatic heterocycles. The molecule has 2 aromatic carbocycles. The summed E-state index contributed by atoms with van der Waals surface area (Å²) >= 11 is 2.84. The minimum atomic E-state index is -1.000. The Morgan fingerprint density at radius 3 is 2.40 bits per heavy atom. The number of aromatic nitrogens is 1. The zero-order valence-electron chi connectivity index (χ0n) is 21.6. The minimum absolute atomic E-state index is 0.0314. The van der Waals surface area contributed by atoms with Crippen molar-refractivity contribution >= 4 is 46.5 Å². The number of H-pyrrole nitrogens is 1. The monoisotopic (exact) mass is 579 g/mol. The summed E-state index contributed by atoms with van der Waals surface area (Å²) in [7, 11) is 1.61. The number of carbonyl (C=O) groups is 3. The Morgan fingerprint density at radius 1 is 1.05 bits per heavy atom. The van der Waals surface area contributed by atoms with Crippen LogP contribution in [0.15, 0.2) is 58.4 Å². The molecule has 3 aromatic rings. The number of methoxy groups -OCH3 is 1. The van der Waals surface area contributed by atoms with Crippen LogP contribution in [-0.4, -0.2) is 46.0 Å². The quantitative estimate of drug-likeness (QED) is 0.441. The molecule has 3 fully saturated rings. The zero-order valence-corrected chi connectivity index (χ0v) is 23.3. The number of likely N-dealkylation sites (tertiary alicyclic amines) is 1. The summed E-state index contributed by atoms with van der Waals surface area (Å²) in [6.45, 7) is 1.56. The molecule has 2 N–H and O–H groups in total. The molecule has 0 radical (unpaired) electrons. The molecule has 2 aliphatic carbocycles. The summed E-state index contributed by atoms with van der Waals surface area (Å²) in [4.78, 5) is 58.2. The highest BCUT2D eigenvalue weighted by Gasteiger charge is 2.70. The van der Waals surface area contributed by atoms with E-state index in [0.717, 1.165) is 32.5 Å². The number of rotatable bonds is 5. The van der Waals surface area contributed by atoms with Crippen LogP contribution in [0.5, 0.6) is 5.75 Å².